The summed E-state index contributed by atoms with van der Waals surface area (Å²) in [6, 6.07) is 14.8. The molecule has 0 fully saturated rings. The van der Waals surface area contributed by atoms with E-state index >= 15 is 0 Å². The van der Waals surface area contributed by atoms with Crippen molar-refractivity contribution in [3.05, 3.63) is 66.4 Å². The van der Waals surface area contributed by atoms with Crippen LogP contribution in [0.2, 0.25) is 0 Å². The molecule has 0 saturated heterocycles. The molecule has 0 spiro atoms. The zero-order valence-corrected chi connectivity index (χ0v) is 17.2. The Labute approximate surface area is 178 Å². The second-order valence-electron chi connectivity index (χ2n) is 6.58. The minimum absolute atomic E-state index is 0.00761. The average Bonchev–Trinajstić information content (AvgIpc) is 3.22. The zero-order chi connectivity index (χ0) is 22.0. The fourth-order valence-corrected chi connectivity index (χ4v) is 3.52. The highest BCUT2D eigenvalue weighted by Gasteiger charge is 2.14. The first-order valence-corrected chi connectivity index (χ1v) is 10.7. The molecule has 0 unspecified atom stereocenters. The lowest BCUT2D eigenvalue weighted by Crippen LogP contribution is -2.19. The quantitative estimate of drug-likeness (QED) is 0.310. The molecule has 2 aromatic heterocycles. The van der Waals surface area contributed by atoms with Crippen LogP contribution in [0.1, 0.15) is 10.4 Å². The number of amides is 1. The molecule has 11 heteroatoms. The number of anilines is 4. The number of hydrogen-bond acceptors (Lipinski definition) is 7. The molecule has 0 saturated carbocycles. The van der Waals surface area contributed by atoms with E-state index < -0.39 is 10.0 Å². The molecule has 10 nitrogen and oxygen atoms in total. The highest BCUT2D eigenvalue weighted by molar-refractivity contribution is 7.89. The van der Waals surface area contributed by atoms with Crippen LogP contribution < -0.4 is 21.1 Å². The van der Waals surface area contributed by atoms with Crippen LogP contribution >= 0.6 is 0 Å². The summed E-state index contributed by atoms with van der Waals surface area (Å²) in [5.74, 6) is 0.526. The van der Waals surface area contributed by atoms with Gasteiger partial charge in [0.05, 0.1) is 21.7 Å². The van der Waals surface area contributed by atoms with Crippen LogP contribution in [-0.2, 0) is 10.0 Å². The van der Waals surface area contributed by atoms with Crippen LogP contribution in [0.5, 0.6) is 0 Å². The number of fused-ring (bicyclic) bond motifs is 1. The predicted molar refractivity (Wildman–Crippen MR) is 118 cm³/mol. The van der Waals surface area contributed by atoms with E-state index in [2.05, 4.69) is 30.9 Å². The Balaban J connectivity index is 1.69. The molecular weight excluding hydrogens is 418 g/mol. The van der Waals surface area contributed by atoms with Gasteiger partial charge in [-0.2, -0.15) is 4.98 Å². The summed E-state index contributed by atoms with van der Waals surface area (Å²) in [7, 11) is -2.21. The average molecular weight is 437 g/mol. The van der Waals surface area contributed by atoms with Gasteiger partial charge in [0.1, 0.15) is 5.52 Å². The number of primary sulfonamides is 1. The molecule has 6 N–H and O–H groups in total. The maximum Gasteiger partial charge on any atom is 0.253 e. The lowest BCUT2D eigenvalue weighted by Gasteiger charge is -2.13. The van der Waals surface area contributed by atoms with Gasteiger partial charge in [-0.1, -0.05) is 12.1 Å². The predicted octanol–water partition coefficient (Wildman–Crippen LogP) is 2.45. The summed E-state index contributed by atoms with van der Waals surface area (Å²) in [6.07, 6.45) is 1.74. The number of carbonyl (C=O) groups is 1. The standard InChI is InChI=1S/C20H19N7O3S/c1-22-19(28)14-4-2-3-5-15(14)25-18-17-16(10-11-23-17)26-20(27-18)24-12-6-8-13(9-7-12)31(21,29)30/h2-11,23H,1H3,(H,22,28)(H2,21,29,30)(H2,24,25,26,27). The number of carbonyl (C=O) groups excluding carboxylic acids is 1. The maximum absolute atomic E-state index is 12.2. The number of rotatable bonds is 6. The SMILES string of the molecule is CNC(=O)c1ccccc1Nc1nc(Nc2ccc(S(N)(=O)=O)cc2)nc2cc[nH]c12. The fraction of sp³-hybridized carbons (Fsp3) is 0.0500. The van der Waals surface area contributed by atoms with E-state index in [0.717, 1.165) is 0 Å². The highest BCUT2D eigenvalue weighted by atomic mass is 32.2. The van der Waals surface area contributed by atoms with E-state index in [1.165, 1.54) is 12.1 Å². The molecule has 4 rings (SSSR count). The number of benzene rings is 2. The molecule has 0 aliphatic carbocycles. The second-order valence-corrected chi connectivity index (χ2v) is 8.14. The Kier molecular flexibility index (Phi) is 5.28. The monoisotopic (exact) mass is 437 g/mol. The minimum Gasteiger partial charge on any atom is -0.357 e. The van der Waals surface area contributed by atoms with E-state index in [1.54, 1.807) is 49.6 Å². The van der Waals surface area contributed by atoms with Crippen molar-refractivity contribution in [2.45, 2.75) is 4.90 Å². The van der Waals surface area contributed by atoms with Gasteiger partial charge in [-0.3, -0.25) is 4.79 Å². The molecule has 1 amide bonds. The number of hydrogen-bond donors (Lipinski definition) is 5. The number of nitrogens with two attached hydrogens (primary N) is 1. The Bertz CT molecular complexity index is 1370. The van der Waals surface area contributed by atoms with Crippen molar-refractivity contribution in [3.8, 4) is 0 Å². The van der Waals surface area contributed by atoms with Crippen molar-refractivity contribution >= 4 is 50.1 Å². The van der Waals surface area contributed by atoms with Crippen LogP contribution in [0.3, 0.4) is 0 Å². The van der Waals surface area contributed by atoms with Gasteiger partial charge in [-0.15, -0.1) is 0 Å². The number of nitrogens with one attached hydrogen (secondary N) is 4. The fourth-order valence-electron chi connectivity index (χ4n) is 3.00. The van der Waals surface area contributed by atoms with Crippen molar-refractivity contribution in [2.75, 3.05) is 17.7 Å². The molecule has 0 atom stereocenters. The van der Waals surface area contributed by atoms with Crippen molar-refractivity contribution in [1.29, 1.82) is 0 Å². The molecule has 31 heavy (non-hydrogen) atoms. The third kappa shape index (κ3) is 4.32. The molecule has 2 heterocycles. The van der Waals surface area contributed by atoms with Gasteiger partial charge in [0.15, 0.2) is 5.82 Å². The van der Waals surface area contributed by atoms with Gasteiger partial charge in [0.2, 0.25) is 16.0 Å². The third-order valence-corrected chi connectivity index (χ3v) is 5.43. The van der Waals surface area contributed by atoms with Gasteiger partial charge < -0.3 is 20.9 Å². The summed E-state index contributed by atoms with van der Waals surface area (Å²) in [5, 5.41) is 14.0. The van der Waals surface area contributed by atoms with Crippen molar-refractivity contribution < 1.29 is 13.2 Å². The van der Waals surface area contributed by atoms with Gasteiger partial charge in [-0.05, 0) is 42.5 Å². The molecule has 0 radical (unpaired) electrons. The third-order valence-electron chi connectivity index (χ3n) is 4.50. The minimum atomic E-state index is -3.77. The maximum atomic E-state index is 12.2. The topological polar surface area (TPSA) is 155 Å². The first-order valence-electron chi connectivity index (χ1n) is 9.18. The van der Waals surface area contributed by atoms with Crippen LogP contribution in [0.4, 0.5) is 23.1 Å². The van der Waals surface area contributed by atoms with Crippen LogP contribution in [0, 0.1) is 0 Å². The number of nitrogens with zero attached hydrogens (tertiary/aromatic N) is 2. The zero-order valence-electron chi connectivity index (χ0n) is 16.4. The van der Waals surface area contributed by atoms with Crippen molar-refractivity contribution in [1.82, 2.24) is 20.3 Å². The molecule has 0 bridgehead atoms. The Hall–Kier alpha value is -3.96. The second kappa shape index (κ2) is 8.05. The lowest BCUT2D eigenvalue weighted by atomic mass is 10.1. The number of H-pyrrole nitrogens is 1. The molecular formula is C20H19N7O3S. The van der Waals surface area contributed by atoms with Crippen molar-refractivity contribution in [3.63, 3.8) is 0 Å². The van der Waals surface area contributed by atoms with E-state index in [4.69, 9.17) is 5.14 Å². The molecule has 158 valence electrons. The highest BCUT2D eigenvalue weighted by Crippen LogP contribution is 2.27. The van der Waals surface area contributed by atoms with Gasteiger partial charge in [0.25, 0.3) is 5.91 Å². The number of aromatic amines is 1. The summed E-state index contributed by atoms with van der Waals surface area (Å²) in [5.41, 5.74) is 2.95. The molecule has 2 aromatic carbocycles. The molecule has 0 aliphatic heterocycles. The van der Waals surface area contributed by atoms with E-state index in [1.807, 2.05) is 6.07 Å². The summed E-state index contributed by atoms with van der Waals surface area (Å²) < 4.78 is 22.9. The summed E-state index contributed by atoms with van der Waals surface area (Å²) >= 11 is 0. The van der Waals surface area contributed by atoms with Gasteiger partial charge in [-0.25, -0.2) is 18.5 Å². The molecule has 4 aromatic rings. The Morgan fingerprint density at radius 2 is 1.74 bits per heavy atom. The smallest absolute Gasteiger partial charge is 0.253 e. The Morgan fingerprint density at radius 3 is 2.45 bits per heavy atom. The normalized spacial score (nSPS) is 11.3. The van der Waals surface area contributed by atoms with E-state index in [-0.39, 0.29) is 16.8 Å². The van der Waals surface area contributed by atoms with Crippen molar-refractivity contribution in [2.24, 2.45) is 5.14 Å². The van der Waals surface area contributed by atoms with Crippen LogP contribution in [0.15, 0.2) is 65.7 Å². The van der Waals surface area contributed by atoms with E-state index in [9.17, 15) is 13.2 Å². The summed E-state index contributed by atoms with van der Waals surface area (Å²) in [4.78, 5) is 24.3. The summed E-state index contributed by atoms with van der Waals surface area (Å²) in [6.45, 7) is 0. The van der Waals surface area contributed by atoms with Crippen LogP contribution in [-0.4, -0.2) is 36.3 Å². The first-order chi connectivity index (χ1) is 14.8. The van der Waals surface area contributed by atoms with Gasteiger partial charge in [0, 0.05) is 18.9 Å². The molecule has 0 aliphatic rings. The first kappa shape index (κ1) is 20.3. The number of para-hydroxylation sites is 1. The van der Waals surface area contributed by atoms with E-state index in [0.29, 0.717) is 33.8 Å². The Morgan fingerprint density at radius 1 is 1.00 bits per heavy atom. The van der Waals surface area contributed by atoms with Crippen LogP contribution in [0.25, 0.3) is 11.0 Å². The number of sulfonamides is 1. The van der Waals surface area contributed by atoms with Gasteiger partial charge >= 0.3 is 0 Å². The lowest BCUT2D eigenvalue weighted by molar-refractivity contribution is 0.0964. The largest absolute Gasteiger partial charge is 0.357 e. The number of aromatic nitrogens is 3.